The summed E-state index contributed by atoms with van der Waals surface area (Å²) in [6, 6.07) is 1.13. The van der Waals surface area contributed by atoms with Gasteiger partial charge in [0.25, 0.3) is 0 Å². The van der Waals surface area contributed by atoms with E-state index >= 15 is 4.39 Å². The van der Waals surface area contributed by atoms with E-state index in [1.54, 1.807) is 22.9 Å². The standard InChI is InChI=1S/C21H22FN5O4S/c1-21(2)9-26(8-14(21)24-20-23-4-5-32-20)16-13(22)6-11-15-18(16)31-10-25(3)27(15)7-12(17(11)28)19(29)30/h4-7,14H,8-10H2,1-3H3,(H,23,24)(H,29,30)/t14-/m1/s1. The predicted molar refractivity (Wildman–Crippen MR) is 120 cm³/mol. The smallest absolute Gasteiger partial charge is 0.341 e. The Kier molecular flexibility index (Phi) is 4.55. The Morgan fingerprint density at radius 3 is 2.91 bits per heavy atom. The van der Waals surface area contributed by atoms with Gasteiger partial charge in [-0.05, 0) is 6.07 Å². The van der Waals surface area contributed by atoms with E-state index in [0.717, 1.165) is 11.2 Å². The Labute approximate surface area is 186 Å². The molecule has 5 rings (SSSR count). The molecule has 2 aliphatic rings. The van der Waals surface area contributed by atoms with E-state index in [9.17, 15) is 14.7 Å². The molecule has 1 saturated heterocycles. The minimum atomic E-state index is -1.36. The summed E-state index contributed by atoms with van der Waals surface area (Å²) in [4.78, 5) is 30.6. The van der Waals surface area contributed by atoms with Crippen LogP contribution in [0.2, 0.25) is 0 Å². The van der Waals surface area contributed by atoms with Crippen molar-refractivity contribution in [2.24, 2.45) is 5.41 Å². The number of benzene rings is 1. The van der Waals surface area contributed by atoms with Crippen LogP contribution in [-0.2, 0) is 0 Å². The minimum absolute atomic E-state index is 0.0128. The van der Waals surface area contributed by atoms with Crippen molar-refractivity contribution in [3.8, 4) is 5.75 Å². The molecule has 0 amide bonds. The minimum Gasteiger partial charge on any atom is -0.477 e. The first-order valence-electron chi connectivity index (χ1n) is 10.1. The number of ether oxygens (including phenoxy) is 1. The van der Waals surface area contributed by atoms with Crippen molar-refractivity contribution in [1.82, 2.24) is 9.66 Å². The number of anilines is 2. The van der Waals surface area contributed by atoms with Crippen LogP contribution < -0.4 is 25.4 Å². The van der Waals surface area contributed by atoms with E-state index in [4.69, 9.17) is 4.74 Å². The van der Waals surface area contributed by atoms with Gasteiger partial charge < -0.3 is 20.1 Å². The van der Waals surface area contributed by atoms with E-state index < -0.39 is 22.8 Å². The van der Waals surface area contributed by atoms with E-state index in [2.05, 4.69) is 24.1 Å². The molecule has 1 aromatic carbocycles. The summed E-state index contributed by atoms with van der Waals surface area (Å²) in [6.07, 6.45) is 3.00. The highest BCUT2D eigenvalue weighted by Crippen LogP contribution is 2.44. The summed E-state index contributed by atoms with van der Waals surface area (Å²) < 4.78 is 22.9. The molecule has 2 N–H and O–H groups in total. The zero-order valence-electron chi connectivity index (χ0n) is 17.8. The lowest BCUT2D eigenvalue weighted by molar-refractivity contribution is 0.0694. The number of rotatable bonds is 4. The van der Waals surface area contributed by atoms with Crippen LogP contribution in [0.5, 0.6) is 5.75 Å². The summed E-state index contributed by atoms with van der Waals surface area (Å²) in [5.74, 6) is -1.73. The van der Waals surface area contributed by atoms with E-state index in [1.807, 2.05) is 10.3 Å². The number of pyridine rings is 1. The quantitative estimate of drug-likeness (QED) is 0.614. The Morgan fingerprint density at radius 2 is 2.22 bits per heavy atom. The third-order valence-corrected chi connectivity index (χ3v) is 6.84. The summed E-state index contributed by atoms with van der Waals surface area (Å²) in [5.41, 5.74) is -0.714. The van der Waals surface area contributed by atoms with Gasteiger partial charge in [0.1, 0.15) is 16.8 Å². The van der Waals surface area contributed by atoms with Gasteiger partial charge in [0, 0.05) is 43.3 Å². The lowest BCUT2D eigenvalue weighted by Gasteiger charge is -2.33. The second-order valence-electron chi connectivity index (χ2n) is 8.79. The number of aromatic nitrogens is 2. The SMILES string of the molecule is CN1COc2c(N3C[C@@H](Nc4nccs4)C(C)(C)C3)c(F)cc3c(=O)c(C(=O)O)cn1c23. The van der Waals surface area contributed by atoms with E-state index in [1.165, 1.54) is 17.5 Å². The topological polar surface area (TPSA) is 99.9 Å². The maximum atomic E-state index is 15.5. The van der Waals surface area contributed by atoms with Crippen molar-refractivity contribution >= 4 is 39.0 Å². The highest BCUT2D eigenvalue weighted by atomic mass is 32.1. The molecule has 0 radical (unpaired) electrons. The van der Waals surface area contributed by atoms with Gasteiger partial charge in [0.05, 0.1) is 11.4 Å². The van der Waals surface area contributed by atoms with Crippen LogP contribution in [0.25, 0.3) is 10.9 Å². The average molecular weight is 460 g/mol. The van der Waals surface area contributed by atoms with Gasteiger partial charge in [0.2, 0.25) is 5.43 Å². The van der Waals surface area contributed by atoms with Crippen LogP contribution in [0.15, 0.2) is 28.6 Å². The Balaban J connectivity index is 1.65. The molecule has 3 aromatic rings. The van der Waals surface area contributed by atoms with Gasteiger partial charge in [0.15, 0.2) is 23.4 Å². The fourth-order valence-corrected chi connectivity index (χ4v) is 5.04. The number of aromatic carboxylic acids is 1. The van der Waals surface area contributed by atoms with Crippen LogP contribution in [0.4, 0.5) is 15.2 Å². The van der Waals surface area contributed by atoms with E-state index in [-0.39, 0.29) is 35.0 Å². The first kappa shape index (κ1) is 20.6. The van der Waals surface area contributed by atoms with Crippen LogP contribution >= 0.6 is 11.3 Å². The Hall–Kier alpha value is -3.34. The number of nitrogens with zero attached hydrogens (tertiary/aromatic N) is 4. The maximum Gasteiger partial charge on any atom is 0.341 e. The molecule has 4 heterocycles. The molecule has 168 valence electrons. The fourth-order valence-electron chi connectivity index (χ4n) is 4.46. The van der Waals surface area contributed by atoms with Crippen LogP contribution in [-0.4, -0.2) is 53.6 Å². The third kappa shape index (κ3) is 3.07. The number of thiazole rings is 1. The molecule has 9 nitrogen and oxygen atoms in total. The second-order valence-corrected chi connectivity index (χ2v) is 9.68. The molecule has 0 spiro atoms. The van der Waals surface area contributed by atoms with Crippen LogP contribution in [0, 0.1) is 11.2 Å². The van der Waals surface area contributed by atoms with Crippen molar-refractivity contribution in [2.75, 3.05) is 42.1 Å². The molecule has 0 aliphatic carbocycles. The van der Waals surface area contributed by atoms with Gasteiger partial charge >= 0.3 is 5.97 Å². The zero-order chi connectivity index (χ0) is 22.8. The van der Waals surface area contributed by atoms with Crippen molar-refractivity contribution < 1.29 is 19.0 Å². The highest BCUT2D eigenvalue weighted by Gasteiger charge is 2.42. The third-order valence-electron chi connectivity index (χ3n) is 6.14. The van der Waals surface area contributed by atoms with Gasteiger partial charge in [-0.1, -0.05) is 13.8 Å². The van der Waals surface area contributed by atoms with Crippen LogP contribution in [0.1, 0.15) is 24.2 Å². The largest absolute Gasteiger partial charge is 0.477 e. The molecule has 2 aliphatic heterocycles. The summed E-state index contributed by atoms with van der Waals surface area (Å²) >= 11 is 1.51. The molecule has 2 aromatic heterocycles. The molecule has 1 atom stereocenters. The number of halogens is 1. The number of carbonyl (C=O) groups is 1. The van der Waals surface area contributed by atoms with Crippen molar-refractivity contribution in [3.05, 3.63) is 45.4 Å². The molecule has 1 fully saturated rings. The second kappa shape index (κ2) is 7.09. The Bertz CT molecular complexity index is 1290. The van der Waals surface area contributed by atoms with Crippen molar-refractivity contribution in [2.45, 2.75) is 19.9 Å². The Morgan fingerprint density at radius 1 is 1.44 bits per heavy atom. The van der Waals surface area contributed by atoms with Crippen molar-refractivity contribution in [1.29, 1.82) is 0 Å². The fraction of sp³-hybridized carbons (Fsp3) is 0.381. The number of carboxylic acid groups (broad SMARTS) is 1. The summed E-state index contributed by atoms with van der Waals surface area (Å²) in [7, 11) is 1.70. The van der Waals surface area contributed by atoms with E-state index in [0.29, 0.717) is 18.6 Å². The number of carboxylic acids is 1. The van der Waals surface area contributed by atoms with Crippen molar-refractivity contribution in [3.63, 3.8) is 0 Å². The number of nitrogens with one attached hydrogen (secondary N) is 1. The lowest BCUT2D eigenvalue weighted by Crippen LogP contribution is -2.40. The summed E-state index contributed by atoms with van der Waals surface area (Å²) in [5, 5.41) is 17.2. The average Bonchev–Trinajstić information content (AvgIpc) is 3.33. The first-order valence-corrected chi connectivity index (χ1v) is 11.0. The highest BCUT2D eigenvalue weighted by molar-refractivity contribution is 7.13. The van der Waals surface area contributed by atoms with Gasteiger partial charge in [-0.2, -0.15) is 0 Å². The van der Waals surface area contributed by atoms with Gasteiger partial charge in [-0.25, -0.2) is 14.2 Å². The molecule has 0 bridgehead atoms. The molecular formula is C21H22FN5O4S. The molecular weight excluding hydrogens is 437 g/mol. The number of hydrogen-bond acceptors (Lipinski definition) is 8. The zero-order valence-corrected chi connectivity index (χ0v) is 18.6. The molecule has 0 unspecified atom stereocenters. The lowest BCUT2D eigenvalue weighted by atomic mass is 9.88. The first-order chi connectivity index (χ1) is 15.2. The molecule has 0 saturated carbocycles. The summed E-state index contributed by atoms with van der Waals surface area (Å²) in [6.45, 7) is 5.36. The maximum absolute atomic E-state index is 15.5. The number of hydrogen-bond donors (Lipinski definition) is 2. The van der Waals surface area contributed by atoms with Gasteiger partial charge in [-0.15, -0.1) is 11.3 Å². The predicted octanol–water partition coefficient (Wildman–Crippen LogP) is 2.54. The normalized spacial score (nSPS) is 19.3. The van der Waals surface area contributed by atoms with Gasteiger partial charge in [-0.3, -0.25) is 14.5 Å². The monoisotopic (exact) mass is 459 g/mol. The molecule has 11 heteroatoms. The molecule has 32 heavy (non-hydrogen) atoms. The van der Waals surface area contributed by atoms with Crippen LogP contribution in [0.3, 0.4) is 0 Å².